The van der Waals surface area contributed by atoms with Gasteiger partial charge in [-0.3, -0.25) is 0 Å². The molecule has 2 rings (SSSR count). The van der Waals surface area contributed by atoms with E-state index in [2.05, 4.69) is 10.1 Å². The van der Waals surface area contributed by atoms with Crippen molar-refractivity contribution in [1.29, 1.82) is 0 Å². The molecule has 0 aliphatic heterocycles. The van der Waals surface area contributed by atoms with Crippen LogP contribution in [0.1, 0.15) is 5.56 Å². The van der Waals surface area contributed by atoms with Gasteiger partial charge in [-0.05, 0) is 30.3 Å². The molecular formula is C12H10ClN3O2. The summed E-state index contributed by atoms with van der Waals surface area (Å²) >= 11 is 5.85. The molecule has 0 amide bonds. The van der Waals surface area contributed by atoms with Gasteiger partial charge in [-0.25, -0.2) is 4.98 Å². The van der Waals surface area contributed by atoms with Crippen molar-refractivity contribution >= 4 is 17.4 Å². The summed E-state index contributed by atoms with van der Waals surface area (Å²) in [5, 5.41) is 12.2. The third-order valence-electron chi connectivity index (χ3n) is 2.17. The van der Waals surface area contributed by atoms with Crippen molar-refractivity contribution in [3.05, 3.63) is 53.2 Å². The molecule has 0 aliphatic carbocycles. The largest absolute Gasteiger partial charge is 0.438 e. The SMILES string of the molecule is N/C(=N\O)c1cccnc1Oc1cccc(Cl)c1. The van der Waals surface area contributed by atoms with Gasteiger partial charge in [-0.1, -0.05) is 22.8 Å². The maximum absolute atomic E-state index is 8.68. The van der Waals surface area contributed by atoms with Gasteiger partial charge in [0.05, 0.1) is 5.56 Å². The molecule has 1 heterocycles. The van der Waals surface area contributed by atoms with Crippen LogP contribution in [-0.4, -0.2) is 16.0 Å². The number of rotatable bonds is 3. The lowest BCUT2D eigenvalue weighted by molar-refractivity contribution is 0.318. The molecule has 92 valence electrons. The van der Waals surface area contributed by atoms with Gasteiger partial charge in [-0.15, -0.1) is 0 Å². The highest BCUT2D eigenvalue weighted by atomic mass is 35.5. The first-order chi connectivity index (χ1) is 8.70. The number of halogens is 1. The van der Waals surface area contributed by atoms with Crippen molar-refractivity contribution in [3.63, 3.8) is 0 Å². The molecule has 0 radical (unpaired) electrons. The molecule has 3 N–H and O–H groups in total. The molecule has 1 aromatic carbocycles. The highest BCUT2D eigenvalue weighted by molar-refractivity contribution is 6.30. The monoisotopic (exact) mass is 263 g/mol. The first-order valence-electron chi connectivity index (χ1n) is 5.07. The normalized spacial score (nSPS) is 11.3. The third-order valence-corrected chi connectivity index (χ3v) is 2.40. The average Bonchev–Trinajstić information content (AvgIpc) is 2.38. The summed E-state index contributed by atoms with van der Waals surface area (Å²) in [6.07, 6.45) is 1.55. The van der Waals surface area contributed by atoms with Crippen LogP contribution in [0, 0.1) is 0 Å². The maximum atomic E-state index is 8.68. The van der Waals surface area contributed by atoms with Crippen molar-refractivity contribution in [2.75, 3.05) is 0 Å². The number of hydrogen-bond donors (Lipinski definition) is 2. The predicted octanol–water partition coefficient (Wildman–Crippen LogP) is 2.62. The number of nitrogens with two attached hydrogens (primary N) is 1. The van der Waals surface area contributed by atoms with Gasteiger partial charge in [-0.2, -0.15) is 0 Å². The number of benzene rings is 1. The fourth-order valence-electron chi connectivity index (χ4n) is 1.36. The summed E-state index contributed by atoms with van der Waals surface area (Å²) in [6.45, 7) is 0. The van der Waals surface area contributed by atoms with Crippen LogP contribution in [0.15, 0.2) is 47.8 Å². The van der Waals surface area contributed by atoms with Gasteiger partial charge in [0.1, 0.15) is 5.75 Å². The zero-order valence-electron chi connectivity index (χ0n) is 9.25. The average molecular weight is 264 g/mol. The number of nitrogens with zero attached hydrogens (tertiary/aromatic N) is 2. The van der Waals surface area contributed by atoms with Gasteiger partial charge < -0.3 is 15.7 Å². The van der Waals surface area contributed by atoms with Crippen LogP contribution in [-0.2, 0) is 0 Å². The van der Waals surface area contributed by atoms with E-state index in [1.54, 1.807) is 42.6 Å². The van der Waals surface area contributed by atoms with Gasteiger partial charge in [0, 0.05) is 11.2 Å². The molecule has 5 nitrogen and oxygen atoms in total. The summed E-state index contributed by atoms with van der Waals surface area (Å²) in [5.41, 5.74) is 5.94. The second kappa shape index (κ2) is 5.37. The lowest BCUT2D eigenvalue weighted by Gasteiger charge is -2.08. The number of ether oxygens (including phenoxy) is 1. The molecule has 0 spiro atoms. The molecule has 1 aromatic heterocycles. The van der Waals surface area contributed by atoms with Crippen molar-refractivity contribution in [2.45, 2.75) is 0 Å². The Morgan fingerprint density at radius 1 is 1.33 bits per heavy atom. The van der Waals surface area contributed by atoms with Crippen LogP contribution in [0.5, 0.6) is 11.6 Å². The minimum atomic E-state index is -0.0693. The molecule has 18 heavy (non-hydrogen) atoms. The van der Waals surface area contributed by atoms with E-state index in [1.165, 1.54) is 0 Å². The predicted molar refractivity (Wildman–Crippen MR) is 68.3 cm³/mol. The van der Waals surface area contributed by atoms with Crippen molar-refractivity contribution in [2.24, 2.45) is 10.9 Å². The zero-order chi connectivity index (χ0) is 13.0. The summed E-state index contributed by atoms with van der Waals surface area (Å²) in [7, 11) is 0. The van der Waals surface area contributed by atoms with E-state index in [4.69, 9.17) is 27.3 Å². The number of pyridine rings is 1. The highest BCUT2D eigenvalue weighted by Gasteiger charge is 2.10. The molecule has 0 atom stereocenters. The smallest absolute Gasteiger partial charge is 0.230 e. The Balaban J connectivity index is 2.35. The first kappa shape index (κ1) is 12.2. The molecular weight excluding hydrogens is 254 g/mol. The second-order valence-electron chi connectivity index (χ2n) is 3.40. The fourth-order valence-corrected chi connectivity index (χ4v) is 1.54. The summed E-state index contributed by atoms with van der Waals surface area (Å²) in [6, 6.07) is 10.2. The number of oxime groups is 1. The standard InChI is InChI=1S/C12H10ClN3O2/c13-8-3-1-4-9(7-8)18-12-10(11(14)16-17)5-2-6-15-12/h1-7,17H,(H2,14,16). The minimum Gasteiger partial charge on any atom is -0.438 e. The van der Waals surface area contributed by atoms with E-state index in [-0.39, 0.29) is 11.7 Å². The van der Waals surface area contributed by atoms with E-state index < -0.39 is 0 Å². The molecule has 0 aliphatic rings. The van der Waals surface area contributed by atoms with E-state index >= 15 is 0 Å². The fraction of sp³-hybridized carbons (Fsp3) is 0. The molecule has 0 bridgehead atoms. The highest BCUT2D eigenvalue weighted by Crippen LogP contribution is 2.24. The van der Waals surface area contributed by atoms with E-state index in [0.29, 0.717) is 16.3 Å². The number of amidine groups is 1. The lowest BCUT2D eigenvalue weighted by atomic mass is 10.2. The second-order valence-corrected chi connectivity index (χ2v) is 3.84. The van der Waals surface area contributed by atoms with Crippen molar-refractivity contribution in [3.8, 4) is 11.6 Å². The first-order valence-corrected chi connectivity index (χ1v) is 5.45. The quantitative estimate of drug-likeness (QED) is 0.386. The van der Waals surface area contributed by atoms with Gasteiger partial charge in [0.2, 0.25) is 5.88 Å². The zero-order valence-corrected chi connectivity index (χ0v) is 10.0. The lowest BCUT2D eigenvalue weighted by Crippen LogP contribution is -2.14. The van der Waals surface area contributed by atoms with Crippen molar-refractivity contribution in [1.82, 2.24) is 4.98 Å². The summed E-state index contributed by atoms with van der Waals surface area (Å²) in [5.74, 6) is 0.698. The molecule has 0 unspecified atom stereocenters. The van der Waals surface area contributed by atoms with Crippen LogP contribution in [0.3, 0.4) is 0 Å². The van der Waals surface area contributed by atoms with E-state index in [9.17, 15) is 0 Å². The third kappa shape index (κ3) is 2.70. The Bertz CT molecular complexity index is 587. The Morgan fingerprint density at radius 3 is 2.89 bits per heavy atom. The Hall–Kier alpha value is -2.27. The molecule has 0 fully saturated rings. The van der Waals surface area contributed by atoms with Crippen LogP contribution in [0.25, 0.3) is 0 Å². The topological polar surface area (TPSA) is 80.7 Å². The van der Waals surface area contributed by atoms with Crippen LogP contribution < -0.4 is 10.5 Å². The molecule has 2 aromatic rings. The van der Waals surface area contributed by atoms with Crippen LogP contribution >= 0.6 is 11.6 Å². The van der Waals surface area contributed by atoms with Crippen LogP contribution in [0.2, 0.25) is 5.02 Å². The summed E-state index contributed by atoms with van der Waals surface area (Å²) < 4.78 is 5.55. The number of aromatic nitrogens is 1. The van der Waals surface area contributed by atoms with Gasteiger partial charge >= 0.3 is 0 Å². The van der Waals surface area contributed by atoms with Crippen LogP contribution in [0.4, 0.5) is 0 Å². The van der Waals surface area contributed by atoms with E-state index in [0.717, 1.165) is 0 Å². The Labute approximate surface area is 108 Å². The Morgan fingerprint density at radius 2 is 2.17 bits per heavy atom. The Kier molecular flexibility index (Phi) is 3.64. The molecule has 0 saturated carbocycles. The van der Waals surface area contributed by atoms with E-state index in [1.807, 2.05) is 0 Å². The maximum Gasteiger partial charge on any atom is 0.230 e. The van der Waals surface area contributed by atoms with Gasteiger partial charge in [0.25, 0.3) is 0 Å². The minimum absolute atomic E-state index is 0.0693. The molecule has 6 heteroatoms. The number of hydrogen-bond acceptors (Lipinski definition) is 4. The summed E-state index contributed by atoms with van der Waals surface area (Å²) in [4.78, 5) is 4.04. The van der Waals surface area contributed by atoms with Crippen molar-refractivity contribution < 1.29 is 9.94 Å². The molecule has 0 saturated heterocycles. The van der Waals surface area contributed by atoms with Gasteiger partial charge in [0.15, 0.2) is 5.84 Å².